The summed E-state index contributed by atoms with van der Waals surface area (Å²) in [6.45, 7) is 3.18. The molecule has 2 aliphatic rings. The molecule has 0 N–H and O–H groups in total. The van der Waals surface area contributed by atoms with Gasteiger partial charge < -0.3 is 4.74 Å². The minimum absolute atomic E-state index is 0.0701. The van der Waals surface area contributed by atoms with Crippen LogP contribution in [0.4, 0.5) is 8.78 Å². The molecule has 1 saturated heterocycles. The Morgan fingerprint density at radius 1 is 1.36 bits per heavy atom. The van der Waals surface area contributed by atoms with Crippen LogP contribution >= 0.6 is 0 Å². The summed E-state index contributed by atoms with van der Waals surface area (Å²) >= 11 is 0. The van der Waals surface area contributed by atoms with Crippen molar-refractivity contribution in [2.75, 3.05) is 13.1 Å². The second-order valence-electron chi connectivity index (χ2n) is 4.77. The zero-order chi connectivity index (χ0) is 10.3. The molecule has 0 aromatic rings. The van der Waals surface area contributed by atoms with E-state index in [9.17, 15) is 8.78 Å². The summed E-state index contributed by atoms with van der Waals surface area (Å²) in [5.74, 6) is 0. The molecule has 0 amide bonds. The number of ether oxygens (including phenoxy) is 1. The number of likely N-dealkylation sites (tertiary alicyclic amines) is 1. The molecule has 2 fully saturated rings. The first-order valence-corrected chi connectivity index (χ1v) is 5.21. The number of rotatable bonds is 3. The van der Waals surface area contributed by atoms with Crippen molar-refractivity contribution >= 4 is 0 Å². The van der Waals surface area contributed by atoms with Gasteiger partial charge in [-0.05, 0) is 26.7 Å². The maximum Gasteiger partial charge on any atom is 0.345 e. The third-order valence-electron chi connectivity index (χ3n) is 3.49. The third kappa shape index (κ3) is 1.77. The Kier molecular flexibility index (Phi) is 2.52. The molecule has 1 aliphatic heterocycles. The van der Waals surface area contributed by atoms with Gasteiger partial charge >= 0.3 is 6.61 Å². The molecule has 14 heavy (non-hydrogen) atoms. The molecule has 1 heterocycles. The van der Waals surface area contributed by atoms with E-state index in [1.54, 1.807) is 0 Å². The Morgan fingerprint density at radius 2 is 2.00 bits per heavy atom. The van der Waals surface area contributed by atoms with Gasteiger partial charge in [0, 0.05) is 24.5 Å². The minimum atomic E-state index is -2.62. The average molecular weight is 205 g/mol. The molecule has 2 rings (SSSR count). The van der Waals surface area contributed by atoms with Gasteiger partial charge in [-0.15, -0.1) is 0 Å². The van der Waals surface area contributed by atoms with Crippen LogP contribution in [0.2, 0.25) is 0 Å². The summed E-state index contributed by atoms with van der Waals surface area (Å²) in [5, 5.41) is 0. The molecule has 1 atom stereocenters. The standard InChI is InChI=1S/C10H17F2NO/c1-7(2)13-5-8(14-9(11)12)10(6-13)3-4-10/h7-9H,3-6H2,1-2H3. The van der Waals surface area contributed by atoms with Crippen LogP contribution in [0, 0.1) is 5.41 Å². The quantitative estimate of drug-likeness (QED) is 0.699. The molecule has 1 spiro atoms. The van der Waals surface area contributed by atoms with Crippen LogP contribution in [-0.2, 0) is 4.74 Å². The van der Waals surface area contributed by atoms with Crippen LogP contribution in [0.15, 0.2) is 0 Å². The largest absolute Gasteiger partial charge is 0.345 e. The van der Waals surface area contributed by atoms with Crippen LogP contribution in [-0.4, -0.2) is 36.7 Å². The fourth-order valence-electron chi connectivity index (χ4n) is 2.32. The third-order valence-corrected chi connectivity index (χ3v) is 3.49. The van der Waals surface area contributed by atoms with Crippen LogP contribution < -0.4 is 0 Å². The summed E-state index contributed by atoms with van der Waals surface area (Å²) in [4.78, 5) is 2.24. The van der Waals surface area contributed by atoms with E-state index in [0.29, 0.717) is 12.6 Å². The van der Waals surface area contributed by atoms with E-state index in [-0.39, 0.29) is 11.5 Å². The van der Waals surface area contributed by atoms with Crippen molar-refractivity contribution in [3.8, 4) is 0 Å². The van der Waals surface area contributed by atoms with Crippen LogP contribution in [0.3, 0.4) is 0 Å². The number of hydrogen-bond donors (Lipinski definition) is 0. The summed E-state index contributed by atoms with van der Waals surface area (Å²) in [6.07, 6.45) is 1.85. The molecule has 1 saturated carbocycles. The fraction of sp³-hybridized carbons (Fsp3) is 1.00. The highest BCUT2D eigenvalue weighted by Crippen LogP contribution is 2.54. The summed E-state index contributed by atoms with van der Waals surface area (Å²) in [5.41, 5.74) is 0.0701. The van der Waals surface area contributed by atoms with E-state index >= 15 is 0 Å². The summed E-state index contributed by atoms with van der Waals surface area (Å²) in [6, 6.07) is 0.429. The molecular formula is C10H17F2NO. The van der Waals surface area contributed by atoms with E-state index in [4.69, 9.17) is 4.74 Å². The molecular weight excluding hydrogens is 188 g/mol. The number of nitrogens with zero attached hydrogens (tertiary/aromatic N) is 1. The molecule has 4 heteroatoms. The first-order chi connectivity index (χ1) is 6.53. The molecule has 82 valence electrons. The minimum Gasteiger partial charge on any atom is -0.318 e. The zero-order valence-corrected chi connectivity index (χ0v) is 8.67. The predicted molar refractivity (Wildman–Crippen MR) is 49.3 cm³/mol. The first kappa shape index (κ1) is 10.3. The lowest BCUT2D eigenvalue weighted by Gasteiger charge is -2.19. The van der Waals surface area contributed by atoms with Crippen LogP contribution in [0.25, 0.3) is 0 Å². The highest BCUT2D eigenvalue weighted by Gasteiger charge is 2.56. The molecule has 1 aliphatic carbocycles. The van der Waals surface area contributed by atoms with E-state index in [1.165, 1.54) is 0 Å². The zero-order valence-electron chi connectivity index (χ0n) is 8.67. The highest BCUT2D eigenvalue weighted by atomic mass is 19.3. The van der Waals surface area contributed by atoms with Gasteiger partial charge in [0.2, 0.25) is 0 Å². The molecule has 0 bridgehead atoms. The predicted octanol–water partition coefficient (Wildman–Crippen LogP) is 2.10. The molecule has 2 nitrogen and oxygen atoms in total. The molecule has 0 aromatic carbocycles. The van der Waals surface area contributed by atoms with Gasteiger partial charge in [0.1, 0.15) is 0 Å². The fourth-order valence-corrected chi connectivity index (χ4v) is 2.32. The first-order valence-electron chi connectivity index (χ1n) is 5.21. The highest BCUT2D eigenvalue weighted by molar-refractivity contribution is 5.07. The van der Waals surface area contributed by atoms with Gasteiger partial charge in [0.25, 0.3) is 0 Å². The molecule has 0 aromatic heterocycles. The Morgan fingerprint density at radius 3 is 2.43 bits per heavy atom. The Hall–Kier alpha value is -0.220. The Bertz CT molecular complexity index is 216. The Labute approximate surface area is 83.2 Å². The van der Waals surface area contributed by atoms with Gasteiger partial charge in [-0.3, -0.25) is 4.90 Å². The summed E-state index contributed by atoms with van der Waals surface area (Å²) in [7, 11) is 0. The topological polar surface area (TPSA) is 12.5 Å². The van der Waals surface area contributed by atoms with Crippen molar-refractivity contribution in [3.05, 3.63) is 0 Å². The SMILES string of the molecule is CC(C)N1CC(OC(F)F)C2(CC2)C1. The monoisotopic (exact) mass is 205 g/mol. The number of halogens is 2. The van der Waals surface area contributed by atoms with Gasteiger partial charge in [0.05, 0.1) is 6.10 Å². The normalized spacial score (nSPS) is 30.9. The molecule has 1 unspecified atom stereocenters. The lowest BCUT2D eigenvalue weighted by Crippen LogP contribution is -2.30. The lowest BCUT2D eigenvalue weighted by atomic mass is 10.0. The van der Waals surface area contributed by atoms with Gasteiger partial charge in [-0.1, -0.05) is 0 Å². The van der Waals surface area contributed by atoms with Gasteiger partial charge in [-0.25, -0.2) is 0 Å². The van der Waals surface area contributed by atoms with E-state index in [1.807, 2.05) is 0 Å². The van der Waals surface area contributed by atoms with Crippen molar-refractivity contribution in [1.29, 1.82) is 0 Å². The lowest BCUT2D eigenvalue weighted by molar-refractivity contribution is -0.171. The van der Waals surface area contributed by atoms with Crippen LogP contribution in [0.1, 0.15) is 26.7 Å². The van der Waals surface area contributed by atoms with E-state index in [0.717, 1.165) is 19.4 Å². The van der Waals surface area contributed by atoms with E-state index < -0.39 is 6.61 Å². The van der Waals surface area contributed by atoms with Crippen LogP contribution in [0.5, 0.6) is 0 Å². The maximum absolute atomic E-state index is 12.1. The van der Waals surface area contributed by atoms with Crippen molar-refractivity contribution in [2.24, 2.45) is 5.41 Å². The van der Waals surface area contributed by atoms with Crippen molar-refractivity contribution in [3.63, 3.8) is 0 Å². The second kappa shape index (κ2) is 3.42. The van der Waals surface area contributed by atoms with Crippen molar-refractivity contribution < 1.29 is 13.5 Å². The van der Waals surface area contributed by atoms with Crippen molar-refractivity contribution in [1.82, 2.24) is 4.90 Å². The van der Waals surface area contributed by atoms with E-state index in [2.05, 4.69) is 18.7 Å². The van der Waals surface area contributed by atoms with Crippen molar-refractivity contribution in [2.45, 2.75) is 45.4 Å². The average Bonchev–Trinajstić information content (AvgIpc) is 2.72. The smallest absolute Gasteiger partial charge is 0.318 e. The van der Waals surface area contributed by atoms with Gasteiger partial charge in [-0.2, -0.15) is 8.78 Å². The Balaban J connectivity index is 1.97. The number of alkyl halides is 2. The molecule has 0 radical (unpaired) electrons. The second-order valence-corrected chi connectivity index (χ2v) is 4.77. The maximum atomic E-state index is 12.1. The van der Waals surface area contributed by atoms with Gasteiger partial charge in [0.15, 0.2) is 0 Å². The summed E-state index contributed by atoms with van der Waals surface area (Å²) < 4.78 is 29.0. The number of hydrogen-bond acceptors (Lipinski definition) is 2.